The molecule has 2 bridgehead atoms. The van der Waals surface area contributed by atoms with Crippen LogP contribution in [0.25, 0.3) is 0 Å². The van der Waals surface area contributed by atoms with Crippen molar-refractivity contribution in [1.29, 1.82) is 0 Å². The normalized spacial score (nSPS) is 29.4. The first kappa shape index (κ1) is 10.8. The average Bonchev–Trinajstić information content (AvgIpc) is 2.92. The van der Waals surface area contributed by atoms with Crippen LogP contribution in [0.3, 0.4) is 0 Å². The second kappa shape index (κ2) is 4.15. The third-order valence-electron chi connectivity index (χ3n) is 4.13. The van der Waals surface area contributed by atoms with Crippen molar-refractivity contribution in [2.24, 2.45) is 5.92 Å². The molecular weight excluding hydrogens is 214 g/mol. The molecule has 17 heavy (non-hydrogen) atoms. The molecule has 1 heterocycles. The molecule has 0 radical (unpaired) electrons. The van der Waals surface area contributed by atoms with Gasteiger partial charge in [-0.05, 0) is 30.7 Å². The molecule has 3 atom stereocenters. The highest BCUT2D eigenvalue weighted by Crippen LogP contribution is 2.42. The molecule has 2 fully saturated rings. The van der Waals surface area contributed by atoms with Gasteiger partial charge in [-0.3, -0.25) is 9.69 Å². The zero-order valence-corrected chi connectivity index (χ0v) is 9.75. The smallest absolute Gasteiger partial charge is 0.325 e. The summed E-state index contributed by atoms with van der Waals surface area (Å²) in [5.41, 5.74) is 0.910. The van der Waals surface area contributed by atoms with Crippen molar-refractivity contribution in [3.63, 3.8) is 0 Å². The van der Waals surface area contributed by atoms with Crippen molar-refractivity contribution >= 4 is 5.97 Å². The number of aliphatic carboxylic acids is 1. The van der Waals surface area contributed by atoms with Gasteiger partial charge in [0.25, 0.3) is 0 Å². The molecule has 0 amide bonds. The Morgan fingerprint density at radius 1 is 1.29 bits per heavy atom. The third-order valence-corrected chi connectivity index (χ3v) is 4.13. The fourth-order valence-corrected chi connectivity index (χ4v) is 3.39. The highest BCUT2D eigenvalue weighted by atomic mass is 16.4. The van der Waals surface area contributed by atoms with Crippen LogP contribution in [-0.4, -0.2) is 28.6 Å². The molecule has 1 aromatic carbocycles. The number of carboxylic acids is 1. The van der Waals surface area contributed by atoms with Crippen molar-refractivity contribution in [2.75, 3.05) is 6.54 Å². The van der Waals surface area contributed by atoms with Gasteiger partial charge >= 0.3 is 5.97 Å². The lowest BCUT2D eigenvalue weighted by Crippen LogP contribution is -2.39. The first-order valence-corrected chi connectivity index (χ1v) is 6.29. The van der Waals surface area contributed by atoms with Crippen molar-refractivity contribution in [3.05, 3.63) is 35.9 Å². The van der Waals surface area contributed by atoms with E-state index in [0.29, 0.717) is 6.04 Å². The van der Waals surface area contributed by atoms with Crippen molar-refractivity contribution in [3.8, 4) is 0 Å². The van der Waals surface area contributed by atoms with Gasteiger partial charge in [-0.2, -0.15) is 0 Å². The highest BCUT2D eigenvalue weighted by molar-refractivity contribution is 5.75. The first-order chi connectivity index (χ1) is 8.25. The SMILES string of the molecule is O=C(O)C(c1ccccc1)N1CC2CCC1C2. The van der Waals surface area contributed by atoms with Gasteiger partial charge in [0.05, 0.1) is 0 Å². The molecule has 3 heteroatoms. The number of hydrogen-bond acceptors (Lipinski definition) is 2. The Kier molecular flexibility index (Phi) is 2.63. The van der Waals surface area contributed by atoms with Crippen molar-refractivity contribution in [2.45, 2.75) is 31.3 Å². The van der Waals surface area contributed by atoms with Gasteiger partial charge < -0.3 is 5.11 Å². The van der Waals surface area contributed by atoms with Gasteiger partial charge in [0.15, 0.2) is 0 Å². The van der Waals surface area contributed by atoms with Gasteiger partial charge in [0.1, 0.15) is 6.04 Å². The van der Waals surface area contributed by atoms with E-state index in [0.717, 1.165) is 18.0 Å². The maximum Gasteiger partial charge on any atom is 0.325 e. The summed E-state index contributed by atoms with van der Waals surface area (Å²) in [5.74, 6) is 0.00862. The van der Waals surface area contributed by atoms with Gasteiger partial charge in [0, 0.05) is 12.6 Å². The molecule has 1 saturated heterocycles. The van der Waals surface area contributed by atoms with Crippen LogP contribution >= 0.6 is 0 Å². The molecule has 0 spiro atoms. The standard InChI is InChI=1S/C14H17NO2/c16-14(17)13(11-4-2-1-3-5-11)15-9-10-6-7-12(15)8-10/h1-5,10,12-13H,6-9H2,(H,16,17). The average molecular weight is 231 g/mol. The zero-order valence-electron chi connectivity index (χ0n) is 9.75. The van der Waals surface area contributed by atoms with Crippen LogP contribution in [0.15, 0.2) is 30.3 Å². The van der Waals surface area contributed by atoms with E-state index in [4.69, 9.17) is 0 Å². The summed E-state index contributed by atoms with van der Waals surface area (Å²) in [5, 5.41) is 9.47. The Hall–Kier alpha value is -1.35. The van der Waals surface area contributed by atoms with Crippen LogP contribution in [0.5, 0.6) is 0 Å². The molecular formula is C14H17NO2. The molecule has 1 aliphatic heterocycles. The summed E-state index contributed by atoms with van der Waals surface area (Å²) in [6.45, 7) is 0.955. The molecule has 1 aliphatic carbocycles. The molecule has 2 aliphatic rings. The molecule has 90 valence electrons. The summed E-state index contributed by atoms with van der Waals surface area (Å²) in [7, 11) is 0. The Morgan fingerprint density at radius 3 is 2.59 bits per heavy atom. The third kappa shape index (κ3) is 1.84. The lowest BCUT2D eigenvalue weighted by atomic mass is 10.0. The molecule has 1 aromatic rings. The van der Waals surface area contributed by atoms with Crippen LogP contribution < -0.4 is 0 Å². The number of rotatable bonds is 3. The fourth-order valence-electron chi connectivity index (χ4n) is 3.39. The van der Waals surface area contributed by atoms with Gasteiger partial charge in [0.2, 0.25) is 0 Å². The van der Waals surface area contributed by atoms with Crippen LogP contribution in [0.1, 0.15) is 30.9 Å². The fraction of sp³-hybridized carbons (Fsp3) is 0.500. The van der Waals surface area contributed by atoms with E-state index in [1.807, 2.05) is 30.3 Å². The number of fused-ring (bicyclic) bond motifs is 2. The summed E-state index contributed by atoms with van der Waals surface area (Å²) < 4.78 is 0. The van der Waals surface area contributed by atoms with Crippen LogP contribution in [-0.2, 0) is 4.79 Å². The van der Waals surface area contributed by atoms with E-state index in [1.54, 1.807) is 0 Å². The largest absolute Gasteiger partial charge is 0.480 e. The van der Waals surface area contributed by atoms with E-state index < -0.39 is 12.0 Å². The zero-order chi connectivity index (χ0) is 11.8. The second-order valence-corrected chi connectivity index (χ2v) is 5.18. The lowest BCUT2D eigenvalue weighted by molar-refractivity contribution is -0.144. The Labute approximate surface area is 101 Å². The minimum atomic E-state index is -0.719. The maximum absolute atomic E-state index is 11.5. The quantitative estimate of drug-likeness (QED) is 0.867. The van der Waals surface area contributed by atoms with E-state index >= 15 is 0 Å². The number of carboxylic acid groups (broad SMARTS) is 1. The predicted molar refractivity (Wildman–Crippen MR) is 64.7 cm³/mol. The number of piperidine rings is 1. The maximum atomic E-state index is 11.5. The van der Waals surface area contributed by atoms with Crippen molar-refractivity contribution in [1.82, 2.24) is 4.90 Å². The molecule has 3 nitrogen and oxygen atoms in total. The van der Waals surface area contributed by atoms with E-state index in [9.17, 15) is 9.90 Å². The van der Waals surface area contributed by atoms with Gasteiger partial charge in [-0.1, -0.05) is 30.3 Å². The van der Waals surface area contributed by atoms with Crippen LogP contribution in [0.2, 0.25) is 0 Å². The number of nitrogens with zero attached hydrogens (tertiary/aromatic N) is 1. The molecule has 1 saturated carbocycles. The van der Waals surface area contributed by atoms with Crippen molar-refractivity contribution < 1.29 is 9.90 Å². The monoisotopic (exact) mass is 231 g/mol. The topological polar surface area (TPSA) is 40.5 Å². The highest BCUT2D eigenvalue weighted by Gasteiger charge is 2.43. The van der Waals surface area contributed by atoms with E-state index in [-0.39, 0.29) is 0 Å². The molecule has 3 rings (SSSR count). The summed E-state index contributed by atoms with van der Waals surface area (Å²) in [6.07, 6.45) is 3.64. The predicted octanol–water partition coefficient (Wildman–Crippen LogP) is 2.30. The number of hydrogen-bond donors (Lipinski definition) is 1. The second-order valence-electron chi connectivity index (χ2n) is 5.18. The van der Waals surface area contributed by atoms with Crippen LogP contribution in [0, 0.1) is 5.92 Å². The van der Waals surface area contributed by atoms with Gasteiger partial charge in [-0.25, -0.2) is 0 Å². The summed E-state index contributed by atoms with van der Waals surface area (Å²) in [6, 6.07) is 9.64. The molecule has 3 unspecified atom stereocenters. The van der Waals surface area contributed by atoms with E-state index in [2.05, 4.69) is 4.90 Å². The summed E-state index contributed by atoms with van der Waals surface area (Å²) in [4.78, 5) is 13.7. The molecule has 1 N–H and O–H groups in total. The number of carbonyl (C=O) groups is 1. The minimum Gasteiger partial charge on any atom is -0.480 e. The number of benzene rings is 1. The van der Waals surface area contributed by atoms with Gasteiger partial charge in [-0.15, -0.1) is 0 Å². The minimum absolute atomic E-state index is 0.452. The molecule has 0 aromatic heterocycles. The summed E-state index contributed by atoms with van der Waals surface area (Å²) >= 11 is 0. The van der Waals surface area contributed by atoms with Crippen LogP contribution in [0.4, 0.5) is 0 Å². The number of likely N-dealkylation sites (tertiary alicyclic amines) is 1. The first-order valence-electron chi connectivity index (χ1n) is 6.29. The Bertz CT molecular complexity index is 417. The Morgan fingerprint density at radius 2 is 2.06 bits per heavy atom. The lowest BCUT2D eigenvalue weighted by Gasteiger charge is -2.32. The Balaban J connectivity index is 1.89. The van der Waals surface area contributed by atoms with E-state index in [1.165, 1.54) is 19.3 Å².